The second-order valence-electron chi connectivity index (χ2n) is 3.46. The second-order valence-corrected chi connectivity index (χ2v) is 3.46. The number of nitrogens with zero attached hydrogens (tertiary/aromatic N) is 1. The number of alkyl halides is 3. The van der Waals surface area contributed by atoms with Crippen molar-refractivity contribution in [3.63, 3.8) is 0 Å². The summed E-state index contributed by atoms with van der Waals surface area (Å²) in [5.41, 5.74) is -0.430. The molecule has 6 nitrogen and oxygen atoms in total. The summed E-state index contributed by atoms with van der Waals surface area (Å²) in [5, 5.41) is 19.4. The molecule has 3 N–H and O–H groups in total. The Morgan fingerprint density at radius 2 is 2.11 bits per heavy atom. The number of carbonyl (C=O) groups excluding carboxylic acids is 1. The number of hydrogen-bond donors (Lipinski definition) is 3. The topological polar surface area (TPSA) is 91.7 Å². The van der Waals surface area contributed by atoms with E-state index in [-0.39, 0.29) is 17.0 Å². The third kappa shape index (κ3) is 4.41. The fourth-order valence-corrected chi connectivity index (χ4v) is 1.20. The van der Waals surface area contributed by atoms with Crippen LogP contribution in [0.4, 0.5) is 13.2 Å². The highest BCUT2D eigenvalue weighted by molar-refractivity contribution is 6.57. The molecule has 0 saturated carbocycles. The summed E-state index contributed by atoms with van der Waals surface area (Å²) < 4.78 is 40.6. The quantitative estimate of drug-likeness (QED) is 0.618. The van der Waals surface area contributed by atoms with Gasteiger partial charge in [-0.25, -0.2) is 4.98 Å². The van der Waals surface area contributed by atoms with Gasteiger partial charge in [0.05, 0.1) is 12.7 Å². The van der Waals surface area contributed by atoms with Crippen molar-refractivity contribution in [3.05, 3.63) is 17.7 Å². The smallest absolute Gasteiger partial charge is 0.480 e. The molecule has 1 amide bonds. The van der Waals surface area contributed by atoms with Gasteiger partial charge >= 0.3 is 13.3 Å². The van der Waals surface area contributed by atoms with Crippen LogP contribution in [-0.2, 0) is 0 Å². The van der Waals surface area contributed by atoms with E-state index in [0.717, 1.165) is 19.2 Å². The van der Waals surface area contributed by atoms with Crippen LogP contribution in [0.15, 0.2) is 12.1 Å². The van der Waals surface area contributed by atoms with E-state index in [1.54, 1.807) is 5.32 Å². The third-order valence-corrected chi connectivity index (χ3v) is 2.03. The second kappa shape index (κ2) is 5.89. The number of halogens is 3. The molecule has 1 aromatic heterocycles. The van der Waals surface area contributed by atoms with Crippen LogP contribution in [0, 0.1) is 0 Å². The standard InChI is InChI=1S/C9H10BF3N2O4/c1-19-8-5(2-3-6(15-8)10(17)18)7(16)14-4-9(11,12)13/h2-3,17-18H,4H2,1H3,(H,14,16). The van der Waals surface area contributed by atoms with Crippen LogP contribution in [0.25, 0.3) is 0 Å². The van der Waals surface area contributed by atoms with E-state index in [9.17, 15) is 18.0 Å². The number of ether oxygens (including phenoxy) is 1. The lowest BCUT2D eigenvalue weighted by molar-refractivity contribution is -0.123. The Bertz CT molecular complexity index is 467. The number of nitrogens with one attached hydrogen (secondary N) is 1. The molecule has 10 heteroatoms. The van der Waals surface area contributed by atoms with E-state index >= 15 is 0 Å². The first-order valence-corrected chi connectivity index (χ1v) is 5.00. The van der Waals surface area contributed by atoms with Crippen LogP contribution >= 0.6 is 0 Å². The lowest BCUT2D eigenvalue weighted by Crippen LogP contribution is -2.36. The first kappa shape index (κ1) is 15.3. The summed E-state index contributed by atoms with van der Waals surface area (Å²) in [6.07, 6.45) is -4.53. The first-order valence-electron chi connectivity index (χ1n) is 5.00. The largest absolute Gasteiger partial charge is 0.508 e. The van der Waals surface area contributed by atoms with Gasteiger partial charge in [-0.1, -0.05) is 0 Å². The van der Waals surface area contributed by atoms with Crippen molar-refractivity contribution in [1.29, 1.82) is 0 Å². The molecule has 1 rings (SSSR count). The van der Waals surface area contributed by atoms with Crippen LogP contribution < -0.4 is 15.6 Å². The van der Waals surface area contributed by atoms with E-state index in [2.05, 4.69) is 4.98 Å². The fraction of sp³-hybridized carbons (Fsp3) is 0.333. The number of aromatic nitrogens is 1. The van der Waals surface area contributed by atoms with Gasteiger partial charge in [0, 0.05) is 0 Å². The summed E-state index contributed by atoms with van der Waals surface area (Å²) in [6.45, 7) is -1.49. The molecule has 1 heterocycles. The van der Waals surface area contributed by atoms with Crippen LogP contribution in [0.2, 0.25) is 0 Å². The molecule has 19 heavy (non-hydrogen) atoms. The maximum Gasteiger partial charge on any atom is 0.508 e. The molecule has 0 bridgehead atoms. The number of carbonyl (C=O) groups is 1. The van der Waals surface area contributed by atoms with Crippen molar-refractivity contribution in [2.45, 2.75) is 6.18 Å². The molecule has 0 atom stereocenters. The molecule has 0 aliphatic carbocycles. The molecular weight excluding hydrogens is 268 g/mol. The fourth-order valence-electron chi connectivity index (χ4n) is 1.20. The Balaban J connectivity index is 2.91. The molecule has 0 spiro atoms. The summed E-state index contributed by atoms with van der Waals surface area (Å²) in [4.78, 5) is 15.1. The predicted molar refractivity (Wildman–Crippen MR) is 59.0 cm³/mol. The number of rotatable bonds is 4. The van der Waals surface area contributed by atoms with E-state index in [4.69, 9.17) is 14.8 Å². The van der Waals surface area contributed by atoms with E-state index < -0.39 is 25.7 Å². The van der Waals surface area contributed by atoms with Gasteiger partial charge in [0.25, 0.3) is 5.91 Å². The zero-order valence-corrected chi connectivity index (χ0v) is 9.73. The van der Waals surface area contributed by atoms with Crippen molar-refractivity contribution in [2.24, 2.45) is 0 Å². The third-order valence-electron chi connectivity index (χ3n) is 2.03. The highest BCUT2D eigenvalue weighted by Crippen LogP contribution is 2.15. The average Bonchev–Trinajstić information content (AvgIpc) is 2.34. The molecule has 0 radical (unpaired) electrons. The minimum Gasteiger partial charge on any atom is -0.480 e. The molecule has 104 valence electrons. The SMILES string of the molecule is COc1nc(B(O)O)ccc1C(=O)NCC(F)(F)F. The maximum absolute atomic E-state index is 12.0. The molecular formula is C9H10BF3N2O4. The summed E-state index contributed by atoms with van der Waals surface area (Å²) >= 11 is 0. The zero-order valence-electron chi connectivity index (χ0n) is 9.73. The minimum atomic E-state index is -4.53. The van der Waals surface area contributed by atoms with Crippen molar-refractivity contribution in [1.82, 2.24) is 10.3 Å². The summed E-state index contributed by atoms with van der Waals surface area (Å²) in [5.74, 6) is -1.33. The minimum absolute atomic E-state index is 0.191. The van der Waals surface area contributed by atoms with Gasteiger partial charge in [0.1, 0.15) is 12.1 Å². The van der Waals surface area contributed by atoms with Gasteiger partial charge in [-0.15, -0.1) is 0 Å². The first-order chi connectivity index (χ1) is 8.74. The van der Waals surface area contributed by atoms with Gasteiger partial charge < -0.3 is 20.1 Å². The van der Waals surface area contributed by atoms with Crippen LogP contribution in [0.1, 0.15) is 10.4 Å². The highest BCUT2D eigenvalue weighted by atomic mass is 19.4. The lowest BCUT2D eigenvalue weighted by Gasteiger charge is -2.11. The molecule has 0 aliphatic heterocycles. The number of amides is 1. The Morgan fingerprint density at radius 1 is 1.47 bits per heavy atom. The molecule has 0 aliphatic rings. The van der Waals surface area contributed by atoms with Crippen molar-refractivity contribution in [2.75, 3.05) is 13.7 Å². The highest BCUT2D eigenvalue weighted by Gasteiger charge is 2.29. The van der Waals surface area contributed by atoms with Crippen LogP contribution in [-0.4, -0.2) is 47.9 Å². The van der Waals surface area contributed by atoms with Gasteiger partial charge in [-0.2, -0.15) is 13.2 Å². The molecule has 0 aromatic carbocycles. The maximum atomic E-state index is 12.0. The van der Waals surface area contributed by atoms with Gasteiger partial charge in [0.15, 0.2) is 0 Å². The van der Waals surface area contributed by atoms with Gasteiger partial charge in [-0.3, -0.25) is 4.79 Å². The average molecular weight is 278 g/mol. The molecule has 0 unspecified atom stereocenters. The Morgan fingerprint density at radius 3 is 2.58 bits per heavy atom. The molecule has 0 fully saturated rings. The van der Waals surface area contributed by atoms with Crippen LogP contribution in [0.5, 0.6) is 5.88 Å². The summed E-state index contributed by atoms with van der Waals surface area (Å²) in [7, 11) is -0.725. The van der Waals surface area contributed by atoms with E-state index in [1.807, 2.05) is 0 Å². The molecule has 1 aromatic rings. The van der Waals surface area contributed by atoms with E-state index in [0.29, 0.717) is 0 Å². The molecule has 0 saturated heterocycles. The predicted octanol–water partition coefficient (Wildman–Crippen LogP) is -0.938. The van der Waals surface area contributed by atoms with Crippen LogP contribution in [0.3, 0.4) is 0 Å². The number of methoxy groups -OCH3 is 1. The number of pyridine rings is 1. The summed E-state index contributed by atoms with van der Waals surface area (Å²) in [6, 6.07) is 2.18. The Hall–Kier alpha value is -1.81. The number of hydrogen-bond acceptors (Lipinski definition) is 5. The normalized spacial score (nSPS) is 11.1. The zero-order chi connectivity index (χ0) is 14.6. The van der Waals surface area contributed by atoms with Crippen molar-refractivity contribution < 1.29 is 32.8 Å². The lowest BCUT2D eigenvalue weighted by atomic mass is 9.85. The Labute approximate surface area is 106 Å². The van der Waals surface area contributed by atoms with Gasteiger partial charge in [-0.05, 0) is 12.1 Å². The monoisotopic (exact) mass is 278 g/mol. The Kier molecular flexibility index (Phi) is 4.73. The van der Waals surface area contributed by atoms with Crippen molar-refractivity contribution in [3.8, 4) is 5.88 Å². The van der Waals surface area contributed by atoms with E-state index in [1.165, 1.54) is 0 Å². The van der Waals surface area contributed by atoms with Crippen molar-refractivity contribution >= 4 is 18.6 Å². The van der Waals surface area contributed by atoms with Gasteiger partial charge in [0.2, 0.25) is 5.88 Å².